The second kappa shape index (κ2) is 5.72. The number of hydrogen-bond donors (Lipinski definition) is 0. The highest BCUT2D eigenvalue weighted by atomic mass is 16.5. The molecule has 0 bridgehead atoms. The minimum atomic E-state index is 0.503. The predicted octanol–water partition coefficient (Wildman–Crippen LogP) is 2.67. The van der Waals surface area contributed by atoms with Gasteiger partial charge in [-0.1, -0.05) is 13.8 Å². The predicted molar refractivity (Wildman–Crippen MR) is 60.6 cm³/mol. The van der Waals surface area contributed by atoms with E-state index in [-0.39, 0.29) is 0 Å². The van der Waals surface area contributed by atoms with Gasteiger partial charge in [-0.15, -0.1) is 0 Å². The number of hydrogen-bond acceptors (Lipinski definition) is 2. The largest absolute Gasteiger partial charge is 0.378 e. The first-order chi connectivity index (χ1) is 6.69. The summed E-state index contributed by atoms with van der Waals surface area (Å²) < 4.78 is 5.84. The molecular weight excluding hydrogens is 174 g/mol. The molecule has 0 amide bonds. The van der Waals surface area contributed by atoms with E-state index in [9.17, 15) is 0 Å². The molecule has 0 N–H and O–H groups in total. The van der Waals surface area contributed by atoms with Gasteiger partial charge in [0.25, 0.3) is 0 Å². The van der Waals surface area contributed by atoms with Gasteiger partial charge in [0.15, 0.2) is 0 Å². The third-order valence-electron chi connectivity index (χ3n) is 3.26. The lowest BCUT2D eigenvalue weighted by Crippen LogP contribution is -2.48. The molecule has 1 fully saturated rings. The number of piperidine rings is 1. The Kier molecular flexibility index (Phi) is 4.90. The first-order valence-electron chi connectivity index (χ1n) is 6.06. The van der Waals surface area contributed by atoms with Crippen LogP contribution < -0.4 is 0 Å². The quantitative estimate of drug-likeness (QED) is 0.690. The highest BCUT2D eigenvalue weighted by Gasteiger charge is 2.29. The van der Waals surface area contributed by atoms with Crippen molar-refractivity contribution in [3.63, 3.8) is 0 Å². The Morgan fingerprint density at radius 1 is 1.14 bits per heavy atom. The molecule has 84 valence electrons. The summed E-state index contributed by atoms with van der Waals surface area (Å²) in [5, 5.41) is 0. The first-order valence-corrected chi connectivity index (χ1v) is 6.06. The van der Waals surface area contributed by atoms with Crippen LogP contribution in [0.2, 0.25) is 0 Å². The molecule has 1 heterocycles. The van der Waals surface area contributed by atoms with Crippen LogP contribution in [0.15, 0.2) is 0 Å². The van der Waals surface area contributed by atoms with Crippen LogP contribution >= 0.6 is 0 Å². The Labute approximate surface area is 88.6 Å². The molecule has 0 spiro atoms. The summed E-state index contributed by atoms with van der Waals surface area (Å²) in [6.45, 7) is 11.2. The molecule has 3 atom stereocenters. The van der Waals surface area contributed by atoms with Crippen molar-refractivity contribution in [2.45, 2.75) is 65.1 Å². The molecule has 0 radical (unpaired) electrons. The van der Waals surface area contributed by atoms with E-state index in [1.165, 1.54) is 19.4 Å². The van der Waals surface area contributed by atoms with E-state index in [0.29, 0.717) is 18.2 Å². The molecular formula is C12H25NO. The molecule has 2 nitrogen and oxygen atoms in total. The van der Waals surface area contributed by atoms with Crippen LogP contribution in [-0.4, -0.2) is 36.2 Å². The third-order valence-corrected chi connectivity index (χ3v) is 3.26. The van der Waals surface area contributed by atoms with E-state index >= 15 is 0 Å². The summed E-state index contributed by atoms with van der Waals surface area (Å²) in [6, 6.07) is 1.37. The molecule has 0 aliphatic carbocycles. The average Bonchev–Trinajstić information content (AvgIpc) is 2.14. The van der Waals surface area contributed by atoms with Gasteiger partial charge in [-0.2, -0.15) is 0 Å². The fourth-order valence-electron chi connectivity index (χ4n) is 2.61. The maximum absolute atomic E-state index is 5.84. The van der Waals surface area contributed by atoms with E-state index < -0.39 is 0 Å². The zero-order chi connectivity index (χ0) is 10.6. The van der Waals surface area contributed by atoms with Crippen LogP contribution in [0.3, 0.4) is 0 Å². The molecule has 1 aliphatic heterocycles. The van der Waals surface area contributed by atoms with Crippen molar-refractivity contribution in [1.29, 1.82) is 0 Å². The first kappa shape index (κ1) is 12.0. The summed E-state index contributed by atoms with van der Waals surface area (Å²) >= 11 is 0. The average molecular weight is 199 g/mol. The van der Waals surface area contributed by atoms with E-state index in [1.807, 2.05) is 0 Å². The minimum absolute atomic E-state index is 0.503. The van der Waals surface area contributed by atoms with Crippen LogP contribution in [0, 0.1) is 0 Å². The van der Waals surface area contributed by atoms with Crippen LogP contribution in [0.5, 0.6) is 0 Å². The van der Waals surface area contributed by atoms with Crippen molar-refractivity contribution >= 4 is 0 Å². The van der Waals surface area contributed by atoms with Gasteiger partial charge in [0.05, 0.1) is 6.10 Å². The number of rotatable bonds is 4. The topological polar surface area (TPSA) is 12.5 Å². The van der Waals surface area contributed by atoms with E-state index in [2.05, 4.69) is 32.6 Å². The summed E-state index contributed by atoms with van der Waals surface area (Å²) in [4.78, 5) is 2.58. The molecule has 0 saturated carbocycles. The van der Waals surface area contributed by atoms with Crippen molar-refractivity contribution in [1.82, 2.24) is 4.90 Å². The van der Waals surface area contributed by atoms with E-state index in [0.717, 1.165) is 13.0 Å². The number of ether oxygens (including phenoxy) is 1. The zero-order valence-electron chi connectivity index (χ0n) is 10.1. The Bertz CT molecular complexity index is 148. The van der Waals surface area contributed by atoms with Crippen LogP contribution in [0.1, 0.15) is 47.0 Å². The van der Waals surface area contributed by atoms with Gasteiger partial charge in [-0.05, 0) is 39.7 Å². The molecule has 1 unspecified atom stereocenters. The Balaban J connectivity index is 2.39. The number of nitrogens with zero attached hydrogens (tertiary/aromatic N) is 1. The van der Waals surface area contributed by atoms with E-state index in [4.69, 9.17) is 4.74 Å². The second-order valence-corrected chi connectivity index (χ2v) is 4.49. The SMILES string of the molecule is CCCOC1C[C@@H](C)N(CC)[C@@H](C)C1. The fourth-order valence-corrected chi connectivity index (χ4v) is 2.61. The Morgan fingerprint density at radius 2 is 1.71 bits per heavy atom. The molecule has 0 aromatic carbocycles. The van der Waals surface area contributed by atoms with Crippen LogP contribution in [-0.2, 0) is 4.74 Å². The van der Waals surface area contributed by atoms with Gasteiger partial charge in [0.1, 0.15) is 0 Å². The highest BCUT2D eigenvalue weighted by Crippen LogP contribution is 2.24. The highest BCUT2D eigenvalue weighted by molar-refractivity contribution is 4.84. The standard InChI is InChI=1S/C12H25NO/c1-5-7-14-12-8-10(3)13(6-2)11(4)9-12/h10-12H,5-9H2,1-4H3/t10-,11+,12?. The van der Waals surface area contributed by atoms with Gasteiger partial charge in [0, 0.05) is 18.7 Å². The lowest BCUT2D eigenvalue weighted by Gasteiger charge is -2.41. The third kappa shape index (κ3) is 2.96. The molecule has 0 aromatic heterocycles. The molecule has 2 heteroatoms. The van der Waals surface area contributed by atoms with Gasteiger partial charge < -0.3 is 4.74 Å². The summed E-state index contributed by atoms with van der Waals surface area (Å²) in [7, 11) is 0. The summed E-state index contributed by atoms with van der Waals surface area (Å²) in [5.41, 5.74) is 0. The van der Waals surface area contributed by atoms with Gasteiger partial charge >= 0.3 is 0 Å². The van der Waals surface area contributed by atoms with Gasteiger partial charge in [-0.3, -0.25) is 4.90 Å². The summed E-state index contributed by atoms with van der Waals surface area (Å²) in [5.74, 6) is 0. The minimum Gasteiger partial charge on any atom is -0.378 e. The smallest absolute Gasteiger partial charge is 0.0604 e. The Morgan fingerprint density at radius 3 is 2.14 bits per heavy atom. The summed E-state index contributed by atoms with van der Waals surface area (Å²) in [6.07, 6.45) is 4.05. The Hall–Kier alpha value is -0.0800. The maximum atomic E-state index is 5.84. The molecule has 14 heavy (non-hydrogen) atoms. The normalized spacial score (nSPS) is 34.7. The molecule has 0 aromatic rings. The molecule has 1 aliphatic rings. The monoisotopic (exact) mass is 199 g/mol. The lowest BCUT2D eigenvalue weighted by molar-refractivity contribution is -0.0316. The van der Waals surface area contributed by atoms with Crippen molar-refractivity contribution in [3.8, 4) is 0 Å². The van der Waals surface area contributed by atoms with Crippen molar-refractivity contribution in [3.05, 3.63) is 0 Å². The van der Waals surface area contributed by atoms with Crippen LogP contribution in [0.25, 0.3) is 0 Å². The zero-order valence-corrected chi connectivity index (χ0v) is 10.1. The fraction of sp³-hybridized carbons (Fsp3) is 1.00. The van der Waals surface area contributed by atoms with Gasteiger partial charge in [0.2, 0.25) is 0 Å². The lowest BCUT2D eigenvalue weighted by atomic mass is 9.95. The van der Waals surface area contributed by atoms with Gasteiger partial charge in [-0.25, -0.2) is 0 Å². The van der Waals surface area contributed by atoms with Crippen molar-refractivity contribution < 1.29 is 4.74 Å². The van der Waals surface area contributed by atoms with E-state index in [1.54, 1.807) is 0 Å². The number of likely N-dealkylation sites (tertiary alicyclic amines) is 1. The maximum Gasteiger partial charge on any atom is 0.0604 e. The van der Waals surface area contributed by atoms with Crippen molar-refractivity contribution in [2.75, 3.05) is 13.2 Å². The molecule has 1 rings (SSSR count). The second-order valence-electron chi connectivity index (χ2n) is 4.49. The van der Waals surface area contributed by atoms with Crippen molar-refractivity contribution in [2.24, 2.45) is 0 Å². The molecule has 1 saturated heterocycles. The van der Waals surface area contributed by atoms with Crippen LogP contribution in [0.4, 0.5) is 0 Å².